The van der Waals surface area contributed by atoms with Crippen LogP contribution in [0, 0.1) is 0 Å². The van der Waals surface area contributed by atoms with Gasteiger partial charge in [-0.25, -0.2) is 0 Å². The molecule has 0 aliphatic rings. The van der Waals surface area contributed by atoms with Crippen LogP contribution in [-0.2, 0) is 0 Å². The van der Waals surface area contributed by atoms with Crippen LogP contribution in [0.2, 0.25) is 0 Å². The summed E-state index contributed by atoms with van der Waals surface area (Å²) in [7, 11) is 0. The number of para-hydroxylation sites is 2. The molecule has 11 aromatic rings. The first-order chi connectivity index (χ1) is 30.7. The standard InChI is InChI=1S/C60H42N2/c1-4-14-43(15-5-1)45-26-33-54(34-27-45)61(55-35-28-46(29-36-55)44-16-6-2-7-17-44)56-37-30-47(31-38-56)48-18-12-19-49(40-48)50-20-13-21-51(41-50)52-32-39-60-58(42-52)57-24-10-11-25-59(57)62(60)53-22-8-3-9-23-53/h1-42H. The predicted octanol–water partition coefficient (Wildman–Crippen LogP) is 16.6. The quantitative estimate of drug-likeness (QED) is 0.141. The third-order valence-corrected chi connectivity index (χ3v) is 12.0. The molecule has 0 saturated carbocycles. The van der Waals surface area contributed by atoms with Crippen molar-refractivity contribution in [2.24, 2.45) is 0 Å². The topological polar surface area (TPSA) is 8.17 Å². The SMILES string of the molecule is c1ccc(-c2ccc(N(c3ccc(-c4ccccc4)cc3)c3ccc(-c4cccc(-c5cccc(-c6ccc7c(c6)c6ccccc6n7-c6ccccc6)c5)c4)cc3)cc2)cc1. The van der Waals surface area contributed by atoms with Crippen molar-refractivity contribution in [1.29, 1.82) is 0 Å². The molecule has 0 N–H and O–H groups in total. The van der Waals surface area contributed by atoms with Gasteiger partial charge in [0.25, 0.3) is 0 Å². The van der Waals surface area contributed by atoms with Crippen LogP contribution in [0.4, 0.5) is 17.1 Å². The summed E-state index contributed by atoms with van der Waals surface area (Å²) in [5, 5.41) is 2.51. The normalized spacial score (nSPS) is 11.2. The van der Waals surface area contributed by atoms with Crippen molar-refractivity contribution in [2.45, 2.75) is 0 Å². The van der Waals surface area contributed by atoms with Crippen LogP contribution in [0.25, 0.3) is 83.1 Å². The van der Waals surface area contributed by atoms with E-state index in [-0.39, 0.29) is 0 Å². The third kappa shape index (κ3) is 7.04. The average Bonchev–Trinajstić information content (AvgIpc) is 3.69. The van der Waals surface area contributed by atoms with E-state index in [1.54, 1.807) is 0 Å². The summed E-state index contributed by atoms with van der Waals surface area (Å²) in [6, 6.07) is 91.9. The summed E-state index contributed by atoms with van der Waals surface area (Å²) in [5.41, 5.74) is 18.9. The minimum atomic E-state index is 1.10. The minimum Gasteiger partial charge on any atom is -0.311 e. The molecule has 62 heavy (non-hydrogen) atoms. The Labute approximate surface area is 362 Å². The highest BCUT2D eigenvalue weighted by molar-refractivity contribution is 6.10. The number of hydrogen-bond donors (Lipinski definition) is 0. The summed E-state index contributed by atoms with van der Waals surface area (Å²) in [5.74, 6) is 0. The van der Waals surface area contributed by atoms with Gasteiger partial charge in [-0.05, 0) is 134 Å². The molecule has 0 aliphatic heterocycles. The Morgan fingerprint density at radius 3 is 1.06 bits per heavy atom. The molecule has 0 radical (unpaired) electrons. The monoisotopic (exact) mass is 790 g/mol. The van der Waals surface area contributed by atoms with Gasteiger partial charge in [-0.15, -0.1) is 0 Å². The molecule has 10 aromatic carbocycles. The molecule has 2 nitrogen and oxygen atoms in total. The van der Waals surface area contributed by atoms with Crippen molar-refractivity contribution in [2.75, 3.05) is 4.90 Å². The summed E-state index contributed by atoms with van der Waals surface area (Å²) in [6.45, 7) is 0. The Hall–Kier alpha value is -8.20. The second-order valence-electron chi connectivity index (χ2n) is 15.8. The minimum absolute atomic E-state index is 1.10. The Bertz CT molecular complexity index is 3210. The second kappa shape index (κ2) is 16.1. The zero-order valence-electron chi connectivity index (χ0n) is 34.1. The van der Waals surface area contributed by atoms with Gasteiger partial charge in [0.15, 0.2) is 0 Å². The average molecular weight is 791 g/mol. The van der Waals surface area contributed by atoms with E-state index in [0.717, 1.165) is 17.1 Å². The Morgan fingerprint density at radius 2 is 0.565 bits per heavy atom. The summed E-state index contributed by atoms with van der Waals surface area (Å²) < 4.78 is 2.37. The van der Waals surface area contributed by atoms with E-state index in [9.17, 15) is 0 Å². The zero-order valence-corrected chi connectivity index (χ0v) is 34.1. The molecule has 0 unspecified atom stereocenters. The van der Waals surface area contributed by atoms with Gasteiger partial charge in [0, 0.05) is 33.5 Å². The molecule has 292 valence electrons. The molecule has 1 heterocycles. The van der Waals surface area contributed by atoms with Crippen molar-refractivity contribution >= 4 is 38.9 Å². The first kappa shape index (κ1) is 36.8. The van der Waals surface area contributed by atoms with Crippen LogP contribution >= 0.6 is 0 Å². The first-order valence-electron chi connectivity index (χ1n) is 21.2. The van der Waals surface area contributed by atoms with Crippen LogP contribution in [0.1, 0.15) is 0 Å². The van der Waals surface area contributed by atoms with Gasteiger partial charge in [0.2, 0.25) is 0 Å². The van der Waals surface area contributed by atoms with Gasteiger partial charge in [-0.1, -0.05) is 176 Å². The van der Waals surface area contributed by atoms with E-state index < -0.39 is 0 Å². The number of anilines is 3. The molecule has 0 fully saturated rings. The Balaban J connectivity index is 0.906. The van der Waals surface area contributed by atoms with E-state index in [1.807, 2.05) is 0 Å². The van der Waals surface area contributed by atoms with Crippen LogP contribution in [0.15, 0.2) is 255 Å². The van der Waals surface area contributed by atoms with E-state index in [0.29, 0.717) is 0 Å². The lowest BCUT2D eigenvalue weighted by Gasteiger charge is -2.26. The summed E-state index contributed by atoms with van der Waals surface area (Å²) in [4.78, 5) is 2.34. The number of fused-ring (bicyclic) bond motifs is 3. The fraction of sp³-hybridized carbons (Fsp3) is 0. The van der Waals surface area contributed by atoms with Gasteiger partial charge in [-0.2, -0.15) is 0 Å². The molecular formula is C60H42N2. The number of rotatable bonds is 9. The highest BCUT2D eigenvalue weighted by Crippen LogP contribution is 2.39. The van der Waals surface area contributed by atoms with Crippen LogP contribution in [0.3, 0.4) is 0 Å². The molecule has 2 heteroatoms. The van der Waals surface area contributed by atoms with Gasteiger partial charge in [0.05, 0.1) is 11.0 Å². The van der Waals surface area contributed by atoms with Gasteiger partial charge >= 0.3 is 0 Å². The highest BCUT2D eigenvalue weighted by Gasteiger charge is 2.16. The fourth-order valence-corrected chi connectivity index (χ4v) is 8.88. The number of benzene rings is 10. The van der Waals surface area contributed by atoms with E-state index in [2.05, 4.69) is 264 Å². The summed E-state index contributed by atoms with van der Waals surface area (Å²) >= 11 is 0. The van der Waals surface area contributed by atoms with Crippen molar-refractivity contribution < 1.29 is 0 Å². The number of nitrogens with zero attached hydrogens (tertiary/aromatic N) is 2. The summed E-state index contributed by atoms with van der Waals surface area (Å²) in [6.07, 6.45) is 0. The highest BCUT2D eigenvalue weighted by atomic mass is 15.1. The van der Waals surface area contributed by atoms with E-state index >= 15 is 0 Å². The molecule has 0 spiro atoms. The van der Waals surface area contributed by atoms with Crippen LogP contribution in [-0.4, -0.2) is 4.57 Å². The second-order valence-corrected chi connectivity index (χ2v) is 15.8. The molecule has 0 bridgehead atoms. The first-order valence-corrected chi connectivity index (χ1v) is 21.2. The molecular weight excluding hydrogens is 749 g/mol. The van der Waals surface area contributed by atoms with E-state index in [1.165, 1.54) is 83.1 Å². The molecule has 11 rings (SSSR count). The van der Waals surface area contributed by atoms with Crippen LogP contribution < -0.4 is 4.90 Å². The van der Waals surface area contributed by atoms with Gasteiger partial charge in [-0.3, -0.25) is 0 Å². The Morgan fingerprint density at radius 1 is 0.226 bits per heavy atom. The molecule has 0 saturated heterocycles. The number of hydrogen-bond acceptors (Lipinski definition) is 1. The van der Waals surface area contributed by atoms with Crippen molar-refractivity contribution in [1.82, 2.24) is 4.57 Å². The fourth-order valence-electron chi connectivity index (χ4n) is 8.88. The molecule has 0 atom stereocenters. The van der Waals surface area contributed by atoms with Crippen molar-refractivity contribution in [3.63, 3.8) is 0 Å². The predicted molar refractivity (Wildman–Crippen MR) is 263 cm³/mol. The van der Waals surface area contributed by atoms with Crippen LogP contribution in [0.5, 0.6) is 0 Å². The van der Waals surface area contributed by atoms with Crippen molar-refractivity contribution in [3.05, 3.63) is 255 Å². The third-order valence-electron chi connectivity index (χ3n) is 12.0. The van der Waals surface area contributed by atoms with E-state index in [4.69, 9.17) is 0 Å². The van der Waals surface area contributed by atoms with Gasteiger partial charge in [0.1, 0.15) is 0 Å². The maximum absolute atomic E-state index is 2.37. The maximum atomic E-state index is 2.37. The lowest BCUT2D eigenvalue weighted by atomic mass is 9.95. The largest absolute Gasteiger partial charge is 0.311 e. The maximum Gasteiger partial charge on any atom is 0.0541 e. The lowest BCUT2D eigenvalue weighted by molar-refractivity contribution is 1.18. The zero-order chi connectivity index (χ0) is 41.2. The molecule has 0 amide bonds. The Kier molecular flexibility index (Phi) is 9.57. The van der Waals surface area contributed by atoms with Gasteiger partial charge < -0.3 is 9.47 Å². The number of aromatic nitrogens is 1. The molecule has 0 aliphatic carbocycles. The smallest absolute Gasteiger partial charge is 0.0541 e. The lowest BCUT2D eigenvalue weighted by Crippen LogP contribution is -2.09. The van der Waals surface area contributed by atoms with Crippen molar-refractivity contribution in [3.8, 4) is 61.3 Å². The molecule has 1 aromatic heterocycles.